The first-order valence-corrected chi connectivity index (χ1v) is 3.80. The van der Waals surface area contributed by atoms with Crippen LogP contribution in [0.3, 0.4) is 0 Å². The molecule has 0 bridgehead atoms. The van der Waals surface area contributed by atoms with E-state index in [2.05, 4.69) is 0 Å². The normalized spacial score (nSPS) is 9.69. The average Bonchev–Trinajstić information content (AvgIpc) is 2.16. The van der Waals surface area contributed by atoms with Gasteiger partial charge >= 0.3 is 5.97 Å². The van der Waals surface area contributed by atoms with Crippen LogP contribution in [-0.4, -0.2) is 18.2 Å². The van der Waals surface area contributed by atoms with Crippen LogP contribution in [0.5, 0.6) is 5.75 Å². The highest BCUT2D eigenvalue weighted by Crippen LogP contribution is 2.23. The van der Waals surface area contributed by atoms with Crippen LogP contribution < -0.4 is 4.74 Å². The van der Waals surface area contributed by atoms with Crippen molar-refractivity contribution in [1.29, 1.82) is 0 Å². The van der Waals surface area contributed by atoms with Crippen LogP contribution in [0.25, 0.3) is 0 Å². The van der Waals surface area contributed by atoms with E-state index in [4.69, 9.17) is 16.8 Å². The number of hydrogen-bond donors (Lipinski definition) is 1. The average molecular weight is 178 g/mol. The van der Waals surface area contributed by atoms with E-state index in [1.165, 1.54) is 13.2 Å². The van der Waals surface area contributed by atoms with Crippen LogP contribution >= 0.6 is 0 Å². The molecule has 0 atom stereocenters. The van der Waals surface area contributed by atoms with Gasteiger partial charge in [0.1, 0.15) is 11.3 Å². The highest BCUT2D eigenvalue weighted by Gasteiger charge is 2.12. The summed E-state index contributed by atoms with van der Waals surface area (Å²) in [6.45, 7) is 5.42. The highest BCUT2D eigenvalue weighted by atomic mass is 16.5. The van der Waals surface area contributed by atoms with E-state index >= 15 is 0 Å². The van der Waals surface area contributed by atoms with Crippen LogP contribution in [0.1, 0.15) is 15.9 Å². The van der Waals surface area contributed by atoms with E-state index in [0.717, 1.165) is 0 Å². The SMILES string of the molecule is [CH]Cc1cccc(C(=O)O)c1OC. The summed E-state index contributed by atoms with van der Waals surface area (Å²) in [4.78, 5) is 10.7. The predicted molar refractivity (Wildman–Crippen MR) is 48.0 cm³/mol. The van der Waals surface area contributed by atoms with Crippen molar-refractivity contribution in [1.82, 2.24) is 0 Å². The molecule has 3 heteroatoms. The van der Waals surface area contributed by atoms with Crippen molar-refractivity contribution in [3.63, 3.8) is 0 Å². The zero-order valence-electron chi connectivity index (χ0n) is 7.28. The third-order valence-corrected chi connectivity index (χ3v) is 1.75. The Balaban J connectivity index is 3.27. The molecule has 0 aliphatic carbocycles. The maximum Gasteiger partial charge on any atom is 0.339 e. The fraction of sp³-hybridized carbons (Fsp3) is 0.200. The number of carbonyl (C=O) groups is 1. The second-order valence-electron chi connectivity index (χ2n) is 2.51. The molecule has 0 fully saturated rings. The second-order valence-corrected chi connectivity index (χ2v) is 2.51. The van der Waals surface area contributed by atoms with Crippen molar-refractivity contribution in [2.75, 3.05) is 7.11 Å². The Bertz CT molecular complexity index is 318. The minimum atomic E-state index is -1.01. The third-order valence-electron chi connectivity index (χ3n) is 1.75. The molecule has 3 nitrogen and oxygen atoms in total. The first-order valence-electron chi connectivity index (χ1n) is 3.80. The largest absolute Gasteiger partial charge is 0.496 e. The number of para-hydroxylation sites is 1. The van der Waals surface area contributed by atoms with Crippen LogP contribution in [0.4, 0.5) is 0 Å². The van der Waals surface area contributed by atoms with E-state index in [9.17, 15) is 4.79 Å². The number of carboxylic acid groups (broad SMARTS) is 1. The van der Waals surface area contributed by atoms with Gasteiger partial charge in [0, 0.05) is 0 Å². The standard InChI is InChI=1S/C10H10O3/c1-3-7-5-4-6-8(10(11)12)9(7)13-2/h1,4-6H,3H2,2H3,(H,11,12). The Morgan fingerprint density at radius 2 is 2.31 bits per heavy atom. The topological polar surface area (TPSA) is 46.5 Å². The van der Waals surface area contributed by atoms with Gasteiger partial charge in [-0.3, -0.25) is 0 Å². The summed E-state index contributed by atoms with van der Waals surface area (Å²) in [5.41, 5.74) is 0.841. The fourth-order valence-electron chi connectivity index (χ4n) is 1.16. The van der Waals surface area contributed by atoms with Gasteiger partial charge < -0.3 is 9.84 Å². The van der Waals surface area contributed by atoms with Gasteiger partial charge in [-0.2, -0.15) is 0 Å². The van der Waals surface area contributed by atoms with Gasteiger partial charge in [-0.1, -0.05) is 12.1 Å². The summed E-state index contributed by atoms with van der Waals surface area (Å²) < 4.78 is 4.97. The Hall–Kier alpha value is -1.51. The molecule has 0 spiro atoms. The molecule has 0 aromatic heterocycles. The Morgan fingerprint density at radius 1 is 1.62 bits per heavy atom. The van der Waals surface area contributed by atoms with Crippen molar-refractivity contribution >= 4 is 5.97 Å². The first-order chi connectivity index (χ1) is 6.20. The molecular weight excluding hydrogens is 168 g/mol. The van der Waals surface area contributed by atoms with Gasteiger partial charge in [0.15, 0.2) is 0 Å². The molecule has 0 unspecified atom stereocenters. The van der Waals surface area contributed by atoms with Crippen molar-refractivity contribution < 1.29 is 14.6 Å². The molecule has 1 rings (SSSR count). The molecule has 1 N–H and O–H groups in total. The van der Waals surface area contributed by atoms with Gasteiger partial charge in [0.2, 0.25) is 0 Å². The quantitative estimate of drug-likeness (QED) is 0.765. The number of carboxylic acids is 1. The van der Waals surface area contributed by atoms with E-state index in [-0.39, 0.29) is 12.0 Å². The Morgan fingerprint density at radius 3 is 2.77 bits per heavy atom. The van der Waals surface area contributed by atoms with Gasteiger partial charge in [0.05, 0.1) is 7.11 Å². The van der Waals surface area contributed by atoms with Crippen LogP contribution in [0, 0.1) is 6.92 Å². The van der Waals surface area contributed by atoms with Crippen molar-refractivity contribution in [3.05, 3.63) is 36.2 Å². The van der Waals surface area contributed by atoms with Crippen LogP contribution in [0.2, 0.25) is 0 Å². The molecule has 0 aliphatic rings. The summed E-state index contributed by atoms with van der Waals surface area (Å²) in [6.07, 6.45) is 0.268. The highest BCUT2D eigenvalue weighted by molar-refractivity contribution is 5.91. The van der Waals surface area contributed by atoms with Gasteiger partial charge in [-0.15, -0.1) is 0 Å². The molecule has 1 aromatic rings. The molecule has 0 saturated carbocycles. The zero-order chi connectivity index (χ0) is 9.84. The lowest BCUT2D eigenvalue weighted by Crippen LogP contribution is -2.02. The summed E-state index contributed by atoms with van der Waals surface area (Å²) >= 11 is 0. The number of benzene rings is 1. The molecule has 0 heterocycles. The molecule has 13 heavy (non-hydrogen) atoms. The fourth-order valence-corrected chi connectivity index (χ4v) is 1.16. The molecule has 2 radical (unpaired) electrons. The van der Waals surface area contributed by atoms with Gasteiger partial charge in [-0.05, 0) is 25.0 Å². The van der Waals surface area contributed by atoms with Crippen molar-refractivity contribution in [2.45, 2.75) is 6.42 Å². The first kappa shape index (κ1) is 9.58. The Kier molecular flexibility index (Phi) is 2.90. The molecule has 0 amide bonds. The maximum absolute atomic E-state index is 10.7. The molecule has 0 aliphatic heterocycles. The summed E-state index contributed by atoms with van der Waals surface area (Å²) in [6, 6.07) is 4.87. The van der Waals surface area contributed by atoms with E-state index < -0.39 is 5.97 Å². The van der Waals surface area contributed by atoms with Crippen LogP contribution in [0.15, 0.2) is 18.2 Å². The number of ether oxygens (including phenoxy) is 1. The van der Waals surface area contributed by atoms with E-state index in [1.807, 2.05) is 0 Å². The van der Waals surface area contributed by atoms with Crippen molar-refractivity contribution in [2.24, 2.45) is 0 Å². The van der Waals surface area contributed by atoms with E-state index in [1.54, 1.807) is 12.1 Å². The minimum absolute atomic E-state index is 0.144. The molecule has 1 aromatic carbocycles. The van der Waals surface area contributed by atoms with E-state index in [0.29, 0.717) is 11.3 Å². The summed E-state index contributed by atoms with van der Waals surface area (Å²) in [5, 5.41) is 8.80. The van der Waals surface area contributed by atoms with Gasteiger partial charge in [0.25, 0.3) is 0 Å². The Labute approximate surface area is 77.0 Å². The predicted octanol–water partition coefficient (Wildman–Crippen LogP) is 1.65. The molecule has 0 saturated heterocycles. The lowest BCUT2D eigenvalue weighted by molar-refractivity contribution is 0.0693. The van der Waals surface area contributed by atoms with Crippen LogP contribution in [-0.2, 0) is 6.42 Å². The third kappa shape index (κ3) is 1.80. The lowest BCUT2D eigenvalue weighted by atomic mass is 10.1. The number of aromatic carboxylic acids is 1. The number of methoxy groups -OCH3 is 1. The van der Waals surface area contributed by atoms with Crippen molar-refractivity contribution in [3.8, 4) is 5.75 Å². The molecule has 68 valence electrons. The van der Waals surface area contributed by atoms with Gasteiger partial charge in [-0.25, -0.2) is 4.79 Å². The lowest BCUT2D eigenvalue weighted by Gasteiger charge is -2.08. The monoisotopic (exact) mass is 178 g/mol. The second kappa shape index (κ2) is 3.94. The maximum atomic E-state index is 10.7. The summed E-state index contributed by atoms with van der Waals surface area (Å²) in [5.74, 6) is -0.662. The minimum Gasteiger partial charge on any atom is -0.496 e. The number of hydrogen-bond acceptors (Lipinski definition) is 2. The zero-order valence-corrected chi connectivity index (χ0v) is 7.28. The number of rotatable bonds is 3. The smallest absolute Gasteiger partial charge is 0.339 e. The molecular formula is C10H10O3. The summed E-state index contributed by atoms with van der Waals surface area (Å²) in [7, 11) is 1.43.